The van der Waals surface area contributed by atoms with Crippen LogP contribution in [0.3, 0.4) is 0 Å². The molecule has 1 heterocycles. The van der Waals surface area contributed by atoms with E-state index in [9.17, 15) is 0 Å². The van der Waals surface area contributed by atoms with Crippen LogP contribution >= 0.6 is 0 Å². The molecule has 1 aliphatic heterocycles. The Balaban J connectivity index is 1.74. The molecule has 1 saturated heterocycles. The minimum atomic E-state index is 0.277. The van der Waals surface area contributed by atoms with Gasteiger partial charge in [0.25, 0.3) is 0 Å². The summed E-state index contributed by atoms with van der Waals surface area (Å²) in [6, 6.07) is 8.36. The van der Waals surface area contributed by atoms with Crippen molar-refractivity contribution < 1.29 is 9.84 Å². The number of hydrogen-bond donors (Lipinski definition) is 2. The molecule has 1 aromatic carbocycles. The van der Waals surface area contributed by atoms with Crippen LogP contribution in [0, 0.1) is 0 Å². The third-order valence-electron chi connectivity index (χ3n) is 3.39. The summed E-state index contributed by atoms with van der Waals surface area (Å²) >= 11 is 0. The number of ether oxygens (including phenoxy) is 1. The van der Waals surface area contributed by atoms with Gasteiger partial charge in [-0.1, -0.05) is 0 Å². The Bertz CT molecular complexity index is 348. The van der Waals surface area contributed by atoms with E-state index in [1.165, 1.54) is 5.69 Å². The number of nitrogens with one attached hydrogen (secondary N) is 1. The van der Waals surface area contributed by atoms with Crippen LogP contribution in [0.25, 0.3) is 0 Å². The largest absolute Gasteiger partial charge is 0.494 e. The van der Waals surface area contributed by atoms with E-state index in [4.69, 9.17) is 9.84 Å². The Morgan fingerprint density at radius 2 is 1.79 bits per heavy atom. The Hall–Kier alpha value is -1.26. The Kier molecular flexibility index (Phi) is 5.98. The summed E-state index contributed by atoms with van der Waals surface area (Å²) in [5.74, 6) is 0.933. The SMILES string of the molecule is OCCCCCOc1ccc(N2CCNCC2)cc1. The number of aliphatic hydroxyl groups is 1. The molecule has 0 unspecified atom stereocenters. The number of aliphatic hydroxyl groups excluding tert-OH is 1. The van der Waals surface area contributed by atoms with Gasteiger partial charge in [-0.25, -0.2) is 0 Å². The van der Waals surface area contributed by atoms with Crippen LogP contribution < -0.4 is 15.0 Å². The summed E-state index contributed by atoms with van der Waals surface area (Å²) in [7, 11) is 0. The van der Waals surface area contributed by atoms with Crippen molar-refractivity contribution in [2.45, 2.75) is 19.3 Å². The Morgan fingerprint density at radius 3 is 2.47 bits per heavy atom. The summed E-state index contributed by atoms with van der Waals surface area (Å²) in [5.41, 5.74) is 1.27. The van der Waals surface area contributed by atoms with Gasteiger partial charge in [-0.15, -0.1) is 0 Å². The molecule has 19 heavy (non-hydrogen) atoms. The molecule has 0 aromatic heterocycles. The predicted molar refractivity (Wildman–Crippen MR) is 78.0 cm³/mol. The first-order chi connectivity index (χ1) is 9.40. The van der Waals surface area contributed by atoms with E-state index in [1.54, 1.807) is 0 Å². The number of unbranched alkanes of at least 4 members (excludes halogenated alkanes) is 2. The molecular formula is C15H24N2O2. The Labute approximate surface area is 115 Å². The zero-order chi connectivity index (χ0) is 13.3. The number of benzene rings is 1. The number of piperazine rings is 1. The van der Waals surface area contributed by atoms with Crippen LogP contribution in [0.1, 0.15) is 19.3 Å². The monoisotopic (exact) mass is 264 g/mol. The molecule has 1 fully saturated rings. The normalized spacial score (nSPS) is 15.5. The second kappa shape index (κ2) is 8.02. The molecule has 4 heteroatoms. The highest BCUT2D eigenvalue weighted by molar-refractivity contribution is 5.49. The maximum atomic E-state index is 8.69. The van der Waals surface area contributed by atoms with Crippen LogP contribution in [-0.4, -0.2) is 44.5 Å². The highest BCUT2D eigenvalue weighted by Crippen LogP contribution is 2.20. The number of nitrogens with zero attached hydrogens (tertiary/aromatic N) is 1. The molecule has 0 radical (unpaired) electrons. The van der Waals surface area contributed by atoms with Crippen LogP contribution in [0.15, 0.2) is 24.3 Å². The Morgan fingerprint density at radius 1 is 1.05 bits per heavy atom. The van der Waals surface area contributed by atoms with Crippen molar-refractivity contribution in [2.24, 2.45) is 0 Å². The predicted octanol–water partition coefficient (Wildman–Crippen LogP) is 1.64. The van der Waals surface area contributed by atoms with Crippen molar-refractivity contribution in [3.8, 4) is 5.75 Å². The average Bonchev–Trinajstić information content (AvgIpc) is 2.49. The number of rotatable bonds is 7. The summed E-state index contributed by atoms with van der Waals surface area (Å²) in [6.07, 6.45) is 2.89. The van der Waals surface area contributed by atoms with E-state index in [0.29, 0.717) is 0 Å². The zero-order valence-electron chi connectivity index (χ0n) is 11.5. The molecule has 0 aliphatic carbocycles. The highest BCUT2D eigenvalue weighted by atomic mass is 16.5. The molecule has 2 N–H and O–H groups in total. The first-order valence-corrected chi connectivity index (χ1v) is 7.19. The van der Waals surface area contributed by atoms with Gasteiger partial charge in [0.15, 0.2) is 0 Å². The second-order valence-electron chi connectivity index (χ2n) is 4.86. The van der Waals surface area contributed by atoms with Crippen molar-refractivity contribution in [3.05, 3.63) is 24.3 Å². The molecular weight excluding hydrogens is 240 g/mol. The van der Waals surface area contributed by atoms with E-state index in [1.807, 2.05) is 12.1 Å². The minimum absolute atomic E-state index is 0.277. The van der Waals surface area contributed by atoms with E-state index in [-0.39, 0.29) is 6.61 Å². The fourth-order valence-electron chi connectivity index (χ4n) is 2.26. The van der Waals surface area contributed by atoms with Crippen molar-refractivity contribution in [2.75, 3.05) is 44.3 Å². The van der Waals surface area contributed by atoms with Crippen molar-refractivity contribution in [1.82, 2.24) is 5.32 Å². The quantitative estimate of drug-likeness (QED) is 0.735. The molecule has 1 aromatic rings. The van der Waals surface area contributed by atoms with Gasteiger partial charge in [0, 0.05) is 38.5 Å². The first-order valence-electron chi connectivity index (χ1n) is 7.19. The maximum absolute atomic E-state index is 8.69. The van der Waals surface area contributed by atoms with Crippen LogP contribution in [-0.2, 0) is 0 Å². The van der Waals surface area contributed by atoms with Gasteiger partial charge in [0.2, 0.25) is 0 Å². The summed E-state index contributed by atoms with van der Waals surface area (Å²) in [6.45, 7) is 5.27. The molecule has 1 aliphatic rings. The molecule has 0 atom stereocenters. The summed E-state index contributed by atoms with van der Waals surface area (Å²) in [4.78, 5) is 2.39. The van der Waals surface area contributed by atoms with Crippen molar-refractivity contribution >= 4 is 5.69 Å². The lowest BCUT2D eigenvalue weighted by atomic mass is 10.2. The molecule has 2 rings (SSSR count). The topological polar surface area (TPSA) is 44.7 Å². The van der Waals surface area contributed by atoms with E-state index < -0.39 is 0 Å². The van der Waals surface area contributed by atoms with Gasteiger partial charge in [0.1, 0.15) is 5.75 Å². The van der Waals surface area contributed by atoms with E-state index >= 15 is 0 Å². The van der Waals surface area contributed by atoms with Gasteiger partial charge in [-0.2, -0.15) is 0 Å². The van der Waals surface area contributed by atoms with Gasteiger partial charge in [0.05, 0.1) is 6.61 Å². The summed E-state index contributed by atoms with van der Waals surface area (Å²) < 4.78 is 5.68. The zero-order valence-corrected chi connectivity index (χ0v) is 11.5. The first kappa shape index (κ1) is 14.2. The third kappa shape index (κ3) is 4.73. The third-order valence-corrected chi connectivity index (χ3v) is 3.39. The lowest BCUT2D eigenvalue weighted by molar-refractivity contribution is 0.266. The lowest BCUT2D eigenvalue weighted by Gasteiger charge is -2.29. The van der Waals surface area contributed by atoms with Gasteiger partial charge < -0.3 is 20.1 Å². The molecule has 0 spiro atoms. The minimum Gasteiger partial charge on any atom is -0.494 e. The van der Waals surface area contributed by atoms with Gasteiger partial charge in [-0.05, 0) is 43.5 Å². The second-order valence-corrected chi connectivity index (χ2v) is 4.86. The van der Waals surface area contributed by atoms with Crippen molar-refractivity contribution in [1.29, 1.82) is 0 Å². The number of anilines is 1. The van der Waals surface area contributed by atoms with Gasteiger partial charge in [-0.3, -0.25) is 0 Å². The fourth-order valence-corrected chi connectivity index (χ4v) is 2.26. The molecule has 106 valence electrons. The van der Waals surface area contributed by atoms with E-state index in [0.717, 1.165) is 57.8 Å². The van der Waals surface area contributed by atoms with Crippen LogP contribution in [0.2, 0.25) is 0 Å². The van der Waals surface area contributed by atoms with E-state index in [2.05, 4.69) is 22.3 Å². The molecule has 0 bridgehead atoms. The summed E-state index contributed by atoms with van der Waals surface area (Å²) in [5, 5.41) is 12.0. The van der Waals surface area contributed by atoms with Crippen LogP contribution in [0.5, 0.6) is 5.75 Å². The average molecular weight is 264 g/mol. The lowest BCUT2D eigenvalue weighted by Crippen LogP contribution is -2.43. The highest BCUT2D eigenvalue weighted by Gasteiger charge is 2.09. The number of hydrogen-bond acceptors (Lipinski definition) is 4. The standard InChI is InChI=1S/C15H24N2O2/c18-12-2-1-3-13-19-15-6-4-14(5-7-15)17-10-8-16-9-11-17/h4-7,16,18H,1-3,8-13H2. The molecule has 0 amide bonds. The smallest absolute Gasteiger partial charge is 0.119 e. The fraction of sp³-hybridized carbons (Fsp3) is 0.600. The molecule has 4 nitrogen and oxygen atoms in total. The van der Waals surface area contributed by atoms with Crippen molar-refractivity contribution in [3.63, 3.8) is 0 Å². The van der Waals surface area contributed by atoms with Crippen LogP contribution in [0.4, 0.5) is 5.69 Å². The van der Waals surface area contributed by atoms with Gasteiger partial charge >= 0.3 is 0 Å². The maximum Gasteiger partial charge on any atom is 0.119 e. The molecule has 0 saturated carbocycles.